The van der Waals surface area contributed by atoms with Crippen LogP contribution in [0.1, 0.15) is 28.9 Å². The average Bonchev–Trinajstić information content (AvgIpc) is 2.68. The third kappa shape index (κ3) is 4.11. The number of nitrogens with zero attached hydrogens (tertiary/aromatic N) is 1. The van der Waals surface area contributed by atoms with Crippen molar-refractivity contribution in [3.8, 4) is 16.9 Å². The number of halogens is 1. The highest BCUT2D eigenvalue weighted by Crippen LogP contribution is 2.27. The number of hydrogen-bond acceptors (Lipinski definition) is 3. The SMILES string of the molecule is COc1cc(-c2ccncc2)ccc1C(=O)NC(C)c1ccc(Br)cc1. The van der Waals surface area contributed by atoms with Gasteiger partial charge in [-0.1, -0.05) is 34.1 Å². The largest absolute Gasteiger partial charge is 0.496 e. The van der Waals surface area contributed by atoms with Crippen molar-refractivity contribution in [2.75, 3.05) is 7.11 Å². The van der Waals surface area contributed by atoms with E-state index in [9.17, 15) is 4.79 Å². The molecule has 0 fully saturated rings. The number of benzene rings is 2. The molecule has 26 heavy (non-hydrogen) atoms. The summed E-state index contributed by atoms with van der Waals surface area (Å²) >= 11 is 3.42. The molecule has 0 saturated carbocycles. The van der Waals surface area contributed by atoms with E-state index in [2.05, 4.69) is 26.2 Å². The fraction of sp³-hybridized carbons (Fsp3) is 0.143. The fourth-order valence-corrected chi connectivity index (χ4v) is 2.98. The minimum absolute atomic E-state index is 0.111. The van der Waals surface area contributed by atoms with Gasteiger partial charge in [0.1, 0.15) is 5.75 Å². The third-order valence-electron chi connectivity index (χ3n) is 4.18. The first-order valence-electron chi connectivity index (χ1n) is 8.23. The molecule has 0 spiro atoms. The van der Waals surface area contributed by atoms with Crippen molar-refractivity contribution in [1.29, 1.82) is 0 Å². The van der Waals surface area contributed by atoms with Crippen molar-refractivity contribution in [2.24, 2.45) is 0 Å². The molecule has 132 valence electrons. The first kappa shape index (κ1) is 18.1. The molecule has 0 aliphatic rings. The molecule has 1 unspecified atom stereocenters. The number of hydrogen-bond donors (Lipinski definition) is 1. The molecule has 3 rings (SSSR count). The Morgan fingerprint density at radius 3 is 2.38 bits per heavy atom. The minimum atomic E-state index is -0.168. The first-order valence-corrected chi connectivity index (χ1v) is 9.02. The van der Waals surface area contributed by atoms with Crippen molar-refractivity contribution < 1.29 is 9.53 Å². The van der Waals surface area contributed by atoms with Gasteiger partial charge in [0.15, 0.2) is 0 Å². The summed E-state index contributed by atoms with van der Waals surface area (Å²) in [6.45, 7) is 1.96. The van der Waals surface area contributed by atoms with E-state index in [1.54, 1.807) is 25.6 Å². The van der Waals surface area contributed by atoms with E-state index in [4.69, 9.17) is 4.74 Å². The summed E-state index contributed by atoms with van der Waals surface area (Å²) in [4.78, 5) is 16.7. The zero-order valence-electron chi connectivity index (χ0n) is 14.6. The normalized spacial score (nSPS) is 11.7. The van der Waals surface area contributed by atoms with Gasteiger partial charge in [0, 0.05) is 16.9 Å². The Hall–Kier alpha value is -2.66. The topological polar surface area (TPSA) is 51.2 Å². The van der Waals surface area contributed by atoms with Crippen LogP contribution in [-0.2, 0) is 0 Å². The average molecular weight is 411 g/mol. The van der Waals surface area contributed by atoms with Gasteiger partial charge in [0.25, 0.3) is 5.91 Å². The molecule has 1 amide bonds. The van der Waals surface area contributed by atoms with Crippen LogP contribution in [0.3, 0.4) is 0 Å². The zero-order chi connectivity index (χ0) is 18.5. The highest BCUT2D eigenvalue weighted by atomic mass is 79.9. The Balaban J connectivity index is 1.81. The number of nitrogens with one attached hydrogen (secondary N) is 1. The van der Waals surface area contributed by atoms with Gasteiger partial charge in [-0.2, -0.15) is 0 Å². The van der Waals surface area contributed by atoms with Gasteiger partial charge in [0.05, 0.1) is 18.7 Å². The summed E-state index contributed by atoms with van der Waals surface area (Å²) in [5, 5.41) is 3.02. The number of amides is 1. The highest BCUT2D eigenvalue weighted by Gasteiger charge is 2.16. The molecule has 0 aliphatic heterocycles. The van der Waals surface area contributed by atoms with Crippen LogP contribution >= 0.6 is 15.9 Å². The fourth-order valence-electron chi connectivity index (χ4n) is 2.71. The van der Waals surface area contributed by atoms with Crippen LogP contribution in [0.25, 0.3) is 11.1 Å². The van der Waals surface area contributed by atoms with E-state index in [1.807, 2.05) is 55.5 Å². The molecule has 0 radical (unpaired) electrons. The lowest BCUT2D eigenvalue weighted by molar-refractivity contribution is 0.0937. The van der Waals surface area contributed by atoms with Gasteiger partial charge in [-0.3, -0.25) is 9.78 Å². The summed E-state index contributed by atoms with van der Waals surface area (Å²) in [5.41, 5.74) is 3.54. The van der Waals surface area contributed by atoms with Crippen molar-refractivity contribution in [1.82, 2.24) is 10.3 Å². The highest BCUT2D eigenvalue weighted by molar-refractivity contribution is 9.10. The second-order valence-corrected chi connectivity index (χ2v) is 6.81. The molecule has 2 aromatic carbocycles. The Morgan fingerprint density at radius 2 is 1.73 bits per heavy atom. The number of carbonyl (C=O) groups is 1. The Labute approximate surface area is 161 Å². The minimum Gasteiger partial charge on any atom is -0.496 e. The second kappa shape index (κ2) is 8.15. The molecule has 0 bridgehead atoms. The van der Waals surface area contributed by atoms with E-state index >= 15 is 0 Å². The monoisotopic (exact) mass is 410 g/mol. The molecule has 0 aliphatic carbocycles. The maximum Gasteiger partial charge on any atom is 0.255 e. The van der Waals surface area contributed by atoms with Crippen LogP contribution in [-0.4, -0.2) is 18.0 Å². The van der Waals surface area contributed by atoms with Crippen molar-refractivity contribution in [2.45, 2.75) is 13.0 Å². The molecule has 0 saturated heterocycles. The van der Waals surface area contributed by atoms with E-state index in [1.165, 1.54) is 0 Å². The summed E-state index contributed by atoms with van der Waals surface area (Å²) < 4.78 is 6.46. The molecule has 1 atom stereocenters. The number of ether oxygens (including phenoxy) is 1. The predicted octanol–water partition coefficient (Wildman–Crippen LogP) is 5.01. The summed E-state index contributed by atoms with van der Waals surface area (Å²) in [6, 6.07) is 17.2. The molecule has 4 nitrogen and oxygen atoms in total. The van der Waals surface area contributed by atoms with E-state index in [0.717, 1.165) is 21.2 Å². The Kier molecular flexibility index (Phi) is 5.68. The number of pyridine rings is 1. The quantitative estimate of drug-likeness (QED) is 0.642. The zero-order valence-corrected chi connectivity index (χ0v) is 16.2. The third-order valence-corrected chi connectivity index (χ3v) is 4.71. The first-order chi connectivity index (χ1) is 12.6. The Morgan fingerprint density at radius 1 is 1.04 bits per heavy atom. The maximum atomic E-state index is 12.7. The lowest BCUT2D eigenvalue weighted by atomic mass is 10.0. The van der Waals surface area contributed by atoms with E-state index in [-0.39, 0.29) is 11.9 Å². The van der Waals surface area contributed by atoms with Gasteiger partial charge in [-0.25, -0.2) is 0 Å². The van der Waals surface area contributed by atoms with Gasteiger partial charge in [-0.05, 0) is 60.0 Å². The van der Waals surface area contributed by atoms with Crippen LogP contribution in [0.4, 0.5) is 0 Å². The van der Waals surface area contributed by atoms with Crippen LogP contribution in [0.15, 0.2) is 71.5 Å². The maximum absolute atomic E-state index is 12.7. The van der Waals surface area contributed by atoms with Crippen molar-refractivity contribution in [3.63, 3.8) is 0 Å². The molecular formula is C21H19BrN2O2. The van der Waals surface area contributed by atoms with E-state index in [0.29, 0.717) is 11.3 Å². The van der Waals surface area contributed by atoms with Crippen LogP contribution in [0.2, 0.25) is 0 Å². The van der Waals surface area contributed by atoms with Crippen LogP contribution in [0.5, 0.6) is 5.75 Å². The lowest BCUT2D eigenvalue weighted by Crippen LogP contribution is -2.27. The molecule has 5 heteroatoms. The van der Waals surface area contributed by atoms with Crippen LogP contribution in [0, 0.1) is 0 Å². The summed E-state index contributed by atoms with van der Waals surface area (Å²) in [7, 11) is 1.57. The predicted molar refractivity (Wildman–Crippen MR) is 106 cm³/mol. The summed E-state index contributed by atoms with van der Waals surface area (Å²) in [6.07, 6.45) is 3.48. The Bertz CT molecular complexity index is 896. The molecule has 3 aromatic rings. The van der Waals surface area contributed by atoms with Gasteiger partial charge in [0.2, 0.25) is 0 Å². The second-order valence-electron chi connectivity index (χ2n) is 5.90. The molecule has 1 heterocycles. The van der Waals surface area contributed by atoms with Gasteiger partial charge >= 0.3 is 0 Å². The standard InChI is InChI=1S/C21H19BrN2O2/c1-14(15-3-6-18(22)7-4-15)24-21(25)19-8-5-17(13-20(19)26-2)16-9-11-23-12-10-16/h3-14H,1-2H3,(H,24,25). The number of aromatic nitrogens is 1. The number of rotatable bonds is 5. The summed E-state index contributed by atoms with van der Waals surface area (Å²) in [5.74, 6) is 0.373. The van der Waals surface area contributed by atoms with Gasteiger partial charge in [-0.15, -0.1) is 0 Å². The van der Waals surface area contributed by atoms with Crippen molar-refractivity contribution in [3.05, 3.63) is 82.6 Å². The van der Waals surface area contributed by atoms with Gasteiger partial charge < -0.3 is 10.1 Å². The smallest absolute Gasteiger partial charge is 0.255 e. The molecule has 1 N–H and O–H groups in total. The van der Waals surface area contributed by atoms with Crippen LogP contribution < -0.4 is 10.1 Å². The van der Waals surface area contributed by atoms with Crippen molar-refractivity contribution >= 4 is 21.8 Å². The molecule has 1 aromatic heterocycles. The number of carbonyl (C=O) groups excluding carboxylic acids is 1. The molecular weight excluding hydrogens is 392 g/mol. The van der Waals surface area contributed by atoms with E-state index < -0.39 is 0 Å². The lowest BCUT2D eigenvalue weighted by Gasteiger charge is -2.16. The number of methoxy groups -OCH3 is 1.